The molecule has 0 aliphatic heterocycles. The van der Waals surface area contributed by atoms with E-state index in [1.54, 1.807) is 15.9 Å². The van der Waals surface area contributed by atoms with Crippen LogP contribution in [0.15, 0.2) is 18.2 Å². The molecule has 0 N–H and O–H groups in total. The molecule has 3 rings (SSSR count). The van der Waals surface area contributed by atoms with Crippen molar-refractivity contribution in [2.45, 2.75) is 33.6 Å². The standard InChI is InChI=1S/C16H17N3OS/c1-4-5-14-18-19-13(9-20)15(17-16(19)21-14)12-7-6-10(2)11(3)8-12/h6-9H,4-5H2,1-3H3. The van der Waals surface area contributed by atoms with Crippen LogP contribution in [0.3, 0.4) is 0 Å². The molecule has 108 valence electrons. The first-order valence-electron chi connectivity index (χ1n) is 7.05. The zero-order chi connectivity index (χ0) is 15.0. The molecule has 3 aromatic rings. The lowest BCUT2D eigenvalue weighted by Gasteiger charge is -2.03. The summed E-state index contributed by atoms with van der Waals surface area (Å²) in [5.41, 5.74) is 4.65. The topological polar surface area (TPSA) is 47.3 Å². The van der Waals surface area contributed by atoms with Gasteiger partial charge in [-0.05, 0) is 37.5 Å². The van der Waals surface area contributed by atoms with Gasteiger partial charge in [-0.3, -0.25) is 4.79 Å². The molecule has 0 bridgehead atoms. The van der Waals surface area contributed by atoms with Crippen molar-refractivity contribution in [2.24, 2.45) is 0 Å². The van der Waals surface area contributed by atoms with E-state index in [9.17, 15) is 4.79 Å². The number of carbonyl (C=O) groups excluding carboxylic acids is 1. The molecule has 0 atom stereocenters. The van der Waals surface area contributed by atoms with Gasteiger partial charge in [-0.15, -0.1) is 0 Å². The summed E-state index contributed by atoms with van der Waals surface area (Å²) in [7, 11) is 0. The number of imidazole rings is 1. The predicted octanol–water partition coefficient (Wildman–Crippen LogP) is 3.84. The second kappa shape index (κ2) is 5.41. The van der Waals surface area contributed by atoms with E-state index >= 15 is 0 Å². The summed E-state index contributed by atoms with van der Waals surface area (Å²) in [4.78, 5) is 16.9. The van der Waals surface area contributed by atoms with Crippen LogP contribution in [0, 0.1) is 13.8 Å². The molecule has 0 aliphatic carbocycles. The zero-order valence-corrected chi connectivity index (χ0v) is 13.2. The highest BCUT2D eigenvalue weighted by molar-refractivity contribution is 7.16. The van der Waals surface area contributed by atoms with Crippen molar-refractivity contribution in [3.05, 3.63) is 40.0 Å². The third kappa shape index (κ3) is 2.38. The van der Waals surface area contributed by atoms with Crippen molar-refractivity contribution >= 4 is 22.6 Å². The summed E-state index contributed by atoms with van der Waals surface area (Å²) < 4.78 is 1.67. The fourth-order valence-electron chi connectivity index (χ4n) is 2.33. The van der Waals surface area contributed by atoms with Crippen molar-refractivity contribution in [3.8, 4) is 11.3 Å². The van der Waals surface area contributed by atoms with Crippen molar-refractivity contribution in [1.29, 1.82) is 0 Å². The second-order valence-corrected chi connectivity index (χ2v) is 6.24. The lowest BCUT2D eigenvalue weighted by molar-refractivity contribution is 0.111. The highest BCUT2D eigenvalue weighted by Gasteiger charge is 2.17. The Morgan fingerprint density at radius 3 is 2.76 bits per heavy atom. The molecule has 0 unspecified atom stereocenters. The average molecular weight is 299 g/mol. The van der Waals surface area contributed by atoms with Gasteiger partial charge in [-0.2, -0.15) is 9.61 Å². The van der Waals surface area contributed by atoms with Gasteiger partial charge in [0.1, 0.15) is 16.4 Å². The van der Waals surface area contributed by atoms with Gasteiger partial charge in [0.2, 0.25) is 4.96 Å². The Kier molecular flexibility index (Phi) is 3.59. The molecule has 0 spiro atoms. The van der Waals surface area contributed by atoms with E-state index in [0.717, 1.165) is 40.4 Å². The molecule has 0 amide bonds. The minimum Gasteiger partial charge on any atom is -0.296 e. The van der Waals surface area contributed by atoms with Crippen LogP contribution in [-0.2, 0) is 6.42 Å². The maximum absolute atomic E-state index is 11.5. The SMILES string of the molecule is CCCc1nn2c(C=O)c(-c3ccc(C)c(C)c3)nc2s1. The minimum absolute atomic E-state index is 0.534. The number of nitrogens with zero attached hydrogens (tertiary/aromatic N) is 3. The molecular formula is C16H17N3OS. The summed E-state index contributed by atoms with van der Waals surface area (Å²) in [5, 5.41) is 5.52. The van der Waals surface area contributed by atoms with Crippen LogP contribution in [0.4, 0.5) is 0 Å². The number of aryl methyl sites for hydroxylation is 3. The smallest absolute Gasteiger partial charge is 0.213 e. The lowest BCUT2D eigenvalue weighted by atomic mass is 10.0. The van der Waals surface area contributed by atoms with E-state index in [-0.39, 0.29) is 0 Å². The van der Waals surface area contributed by atoms with E-state index in [4.69, 9.17) is 0 Å². The normalized spacial score (nSPS) is 11.2. The molecule has 4 nitrogen and oxygen atoms in total. The Morgan fingerprint density at radius 2 is 2.10 bits per heavy atom. The molecule has 21 heavy (non-hydrogen) atoms. The first-order valence-corrected chi connectivity index (χ1v) is 7.87. The fraction of sp³-hybridized carbons (Fsp3) is 0.312. The number of benzene rings is 1. The Bertz CT molecular complexity index is 816. The number of hydrogen-bond donors (Lipinski definition) is 0. The number of fused-ring (bicyclic) bond motifs is 1. The van der Waals surface area contributed by atoms with E-state index in [0.29, 0.717) is 5.69 Å². The number of hydrogen-bond acceptors (Lipinski definition) is 4. The zero-order valence-electron chi connectivity index (χ0n) is 12.4. The van der Waals surface area contributed by atoms with Gasteiger partial charge in [0.15, 0.2) is 6.29 Å². The van der Waals surface area contributed by atoms with Gasteiger partial charge in [0.05, 0.1) is 0 Å². The summed E-state index contributed by atoms with van der Waals surface area (Å²) in [6.45, 7) is 6.25. The molecule has 0 aliphatic rings. The minimum atomic E-state index is 0.534. The van der Waals surface area contributed by atoms with Crippen LogP contribution in [0.25, 0.3) is 16.2 Å². The predicted molar refractivity (Wildman–Crippen MR) is 85.2 cm³/mol. The fourth-order valence-corrected chi connectivity index (χ4v) is 3.33. The number of aldehydes is 1. The largest absolute Gasteiger partial charge is 0.296 e. The third-order valence-corrected chi connectivity index (χ3v) is 4.60. The Hall–Kier alpha value is -2.01. The van der Waals surface area contributed by atoms with Crippen LogP contribution < -0.4 is 0 Å². The average Bonchev–Trinajstić information content (AvgIpc) is 2.99. The van der Waals surface area contributed by atoms with Crippen LogP contribution >= 0.6 is 11.3 Å². The second-order valence-electron chi connectivity index (χ2n) is 5.20. The lowest BCUT2D eigenvalue weighted by Crippen LogP contribution is -1.95. The molecule has 2 aromatic heterocycles. The molecule has 0 radical (unpaired) electrons. The van der Waals surface area contributed by atoms with Gasteiger partial charge in [-0.1, -0.05) is 30.4 Å². The van der Waals surface area contributed by atoms with Crippen molar-refractivity contribution in [1.82, 2.24) is 14.6 Å². The Morgan fingerprint density at radius 1 is 1.29 bits per heavy atom. The van der Waals surface area contributed by atoms with Gasteiger partial charge < -0.3 is 0 Å². The summed E-state index contributed by atoms with van der Waals surface area (Å²) in [5.74, 6) is 0. The van der Waals surface area contributed by atoms with E-state index in [1.165, 1.54) is 11.1 Å². The van der Waals surface area contributed by atoms with E-state index in [1.807, 2.05) is 6.07 Å². The maximum Gasteiger partial charge on any atom is 0.213 e. The highest BCUT2D eigenvalue weighted by Crippen LogP contribution is 2.27. The molecule has 1 aromatic carbocycles. The molecule has 0 saturated heterocycles. The number of carbonyl (C=O) groups is 1. The summed E-state index contributed by atoms with van der Waals surface area (Å²) in [6.07, 6.45) is 2.81. The monoisotopic (exact) mass is 299 g/mol. The van der Waals surface area contributed by atoms with Gasteiger partial charge >= 0.3 is 0 Å². The quantitative estimate of drug-likeness (QED) is 0.688. The van der Waals surface area contributed by atoms with E-state index < -0.39 is 0 Å². The summed E-state index contributed by atoms with van der Waals surface area (Å²) >= 11 is 1.56. The van der Waals surface area contributed by atoms with Crippen LogP contribution in [0.5, 0.6) is 0 Å². The van der Waals surface area contributed by atoms with Crippen molar-refractivity contribution in [2.75, 3.05) is 0 Å². The maximum atomic E-state index is 11.5. The summed E-state index contributed by atoms with van der Waals surface area (Å²) in [6, 6.07) is 6.14. The van der Waals surface area contributed by atoms with Crippen LogP contribution in [0.1, 0.15) is 40.0 Å². The van der Waals surface area contributed by atoms with Gasteiger partial charge in [0.25, 0.3) is 0 Å². The molecule has 2 heterocycles. The van der Waals surface area contributed by atoms with Crippen molar-refractivity contribution < 1.29 is 4.79 Å². The number of rotatable bonds is 4. The van der Waals surface area contributed by atoms with Gasteiger partial charge in [-0.25, -0.2) is 4.98 Å². The molecule has 0 saturated carbocycles. The molecular weight excluding hydrogens is 282 g/mol. The first-order chi connectivity index (χ1) is 10.1. The van der Waals surface area contributed by atoms with Crippen LogP contribution in [-0.4, -0.2) is 20.9 Å². The number of aromatic nitrogens is 3. The third-order valence-electron chi connectivity index (χ3n) is 3.64. The first kappa shape index (κ1) is 13.9. The molecule has 5 heteroatoms. The van der Waals surface area contributed by atoms with E-state index in [2.05, 4.69) is 43.0 Å². The highest BCUT2D eigenvalue weighted by atomic mass is 32.1. The Balaban J connectivity index is 2.15. The Labute approximate surface area is 127 Å². The van der Waals surface area contributed by atoms with Crippen molar-refractivity contribution in [3.63, 3.8) is 0 Å². The van der Waals surface area contributed by atoms with Gasteiger partial charge in [0, 0.05) is 12.0 Å². The van der Waals surface area contributed by atoms with Crippen LogP contribution in [0.2, 0.25) is 0 Å². The molecule has 0 fully saturated rings.